The zero-order chi connectivity index (χ0) is 20.6. The number of rotatable bonds is 9. The van der Waals surface area contributed by atoms with Crippen LogP contribution in [-0.2, 0) is 11.0 Å². The molecule has 1 aliphatic rings. The Hall–Kier alpha value is -1.52. The molecular weight excluding hydrogens is 496 g/mol. The summed E-state index contributed by atoms with van der Waals surface area (Å²) in [6, 6.07) is 5.85. The van der Waals surface area contributed by atoms with E-state index in [1.165, 1.54) is 12.1 Å². The van der Waals surface area contributed by atoms with Crippen molar-refractivity contribution in [1.29, 1.82) is 0 Å². The number of alkyl halides is 3. The van der Waals surface area contributed by atoms with Crippen molar-refractivity contribution >= 4 is 35.8 Å². The molecule has 0 aromatic heterocycles. The van der Waals surface area contributed by atoms with Gasteiger partial charge in [-0.3, -0.25) is 9.79 Å². The highest BCUT2D eigenvalue weighted by molar-refractivity contribution is 14.0. The second-order valence-corrected chi connectivity index (χ2v) is 7.18. The zero-order valence-electron chi connectivity index (χ0n) is 16.8. The minimum Gasteiger partial charge on any atom is -0.356 e. The van der Waals surface area contributed by atoms with Gasteiger partial charge in [0.05, 0.1) is 5.56 Å². The van der Waals surface area contributed by atoms with Gasteiger partial charge in [-0.2, -0.15) is 13.2 Å². The van der Waals surface area contributed by atoms with Gasteiger partial charge in [0.1, 0.15) is 0 Å². The monoisotopic (exact) mass is 526 g/mol. The molecule has 1 saturated carbocycles. The Balaban J connectivity index is 0.00000420. The lowest BCUT2D eigenvalue weighted by Crippen LogP contribution is -2.38. The fourth-order valence-electron chi connectivity index (χ4n) is 2.80. The van der Waals surface area contributed by atoms with E-state index in [0.717, 1.165) is 18.9 Å². The SMILES string of the molecule is CN=C(NCCCC(=O)NC1CC1)NCCC(C)c1cccc(C(F)(F)F)c1.I. The quantitative estimate of drug-likeness (QED) is 0.197. The molecule has 5 nitrogen and oxygen atoms in total. The molecule has 1 aromatic rings. The van der Waals surface area contributed by atoms with Gasteiger partial charge in [0.25, 0.3) is 0 Å². The number of hydrogen-bond donors (Lipinski definition) is 3. The van der Waals surface area contributed by atoms with Gasteiger partial charge in [-0.05, 0) is 43.2 Å². The van der Waals surface area contributed by atoms with Crippen molar-refractivity contribution in [2.45, 2.75) is 57.2 Å². The van der Waals surface area contributed by atoms with E-state index >= 15 is 0 Å². The molecule has 164 valence electrons. The summed E-state index contributed by atoms with van der Waals surface area (Å²) in [4.78, 5) is 15.7. The van der Waals surface area contributed by atoms with Crippen LogP contribution in [0, 0.1) is 0 Å². The van der Waals surface area contributed by atoms with E-state index in [1.807, 2.05) is 6.92 Å². The van der Waals surface area contributed by atoms with Gasteiger partial charge in [0.2, 0.25) is 5.91 Å². The molecule has 1 atom stereocenters. The molecule has 29 heavy (non-hydrogen) atoms. The molecule has 0 saturated heterocycles. The number of benzene rings is 1. The summed E-state index contributed by atoms with van der Waals surface area (Å²) >= 11 is 0. The maximum atomic E-state index is 12.8. The molecule has 1 fully saturated rings. The van der Waals surface area contributed by atoms with Crippen molar-refractivity contribution < 1.29 is 18.0 Å². The minimum absolute atomic E-state index is 0. The van der Waals surface area contributed by atoms with Crippen LogP contribution >= 0.6 is 24.0 Å². The Morgan fingerprint density at radius 1 is 1.24 bits per heavy atom. The Morgan fingerprint density at radius 2 is 1.93 bits per heavy atom. The largest absolute Gasteiger partial charge is 0.416 e. The zero-order valence-corrected chi connectivity index (χ0v) is 19.1. The first kappa shape index (κ1) is 25.5. The van der Waals surface area contributed by atoms with E-state index in [4.69, 9.17) is 0 Å². The molecular formula is C20H30F3IN4O. The Labute approximate surface area is 187 Å². The third-order valence-electron chi connectivity index (χ3n) is 4.69. The predicted octanol–water partition coefficient (Wildman–Crippen LogP) is 4.04. The van der Waals surface area contributed by atoms with Crippen LogP contribution in [0.1, 0.15) is 56.1 Å². The highest BCUT2D eigenvalue weighted by atomic mass is 127. The predicted molar refractivity (Wildman–Crippen MR) is 120 cm³/mol. The molecule has 0 spiro atoms. The lowest BCUT2D eigenvalue weighted by molar-refractivity contribution is -0.137. The molecule has 0 bridgehead atoms. The van der Waals surface area contributed by atoms with Gasteiger partial charge in [-0.25, -0.2) is 0 Å². The number of nitrogens with one attached hydrogen (secondary N) is 3. The molecule has 1 aromatic carbocycles. The average molecular weight is 526 g/mol. The van der Waals surface area contributed by atoms with Crippen molar-refractivity contribution in [2.24, 2.45) is 4.99 Å². The van der Waals surface area contributed by atoms with Gasteiger partial charge in [-0.1, -0.05) is 25.1 Å². The third-order valence-corrected chi connectivity index (χ3v) is 4.69. The number of carbonyl (C=O) groups is 1. The molecule has 2 rings (SSSR count). The molecule has 9 heteroatoms. The lowest BCUT2D eigenvalue weighted by Gasteiger charge is -2.16. The first-order chi connectivity index (χ1) is 13.3. The van der Waals surface area contributed by atoms with Crippen molar-refractivity contribution in [1.82, 2.24) is 16.0 Å². The number of carbonyl (C=O) groups excluding carboxylic acids is 1. The fraction of sp³-hybridized carbons (Fsp3) is 0.600. The summed E-state index contributed by atoms with van der Waals surface area (Å²) in [5.41, 5.74) is 0.0502. The number of halogens is 4. The average Bonchev–Trinajstić information content (AvgIpc) is 3.46. The van der Waals surface area contributed by atoms with Gasteiger partial charge in [0.15, 0.2) is 5.96 Å². The fourth-order valence-corrected chi connectivity index (χ4v) is 2.80. The summed E-state index contributed by atoms with van der Waals surface area (Å²) in [6.07, 6.45) is -0.298. The van der Waals surface area contributed by atoms with Gasteiger partial charge >= 0.3 is 6.18 Å². The maximum Gasteiger partial charge on any atom is 0.416 e. The topological polar surface area (TPSA) is 65.5 Å². The highest BCUT2D eigenvalue weighted by Gasteiger charge is 2.30. The second-order valence-electron chi connectivity index (χ2n) is 7.18. The van der Waals surface area contributed by atoms with E-state index in [0.29, 0.717) is 49.9 Å². The first-order valence-corrected chi connectivity index (χ1v) is 9.70. The van der Waals surface area contributed by atoms with Crippen LogP contribution in [0.5, 0.6) is 0 Å². The Kier molecular flexibility index (Phi) is 10.8. The summed E-state index contributed by atoms with van der Waals surface area (Å²) in [7, 11) is 1.66. The maximum absolute atomic E-state index is 12.8. The lowest BCUT2D eigenvalue weighted by atomic mass is 9.96. The smallest absolute Gasteiger partial charge is 0.356 e. The summed E-state index contributed by atoms with van der Waals surface area (Å²) in [5.74, 6) is 0.694. The molecule has 0 radical (unpaired) electrons. The van der Waals surface area contributed by atoms with Gasteiger partial charge in [-0.15, -0.1) is 24.0 Å². The Morgan fingerprint density at radius 3 is 2.55 bits per heavy atom. The van der Waals surface area contributed by atoms with Crippen LogP contribution in [-0.4, -0.2) is 38.0 Å². The third kappa shape index (κ3) is 9.68. The number of aliphatic imine (C=N–C) groups is 1. The molecule has 0 heterocycles. The molecule has 1 unspecified atom stereocenters. The van der Waals surface area contributed by atoms with Crippen molar-refractivity contribution in [3.8, 4) is 0 Å². The number of nitrogens with zero attached hydrogens (tertiary/aromatic N) is 1. The number of amides is 1. The first-order valence-electron chi connectivity index (χ1n) is 9.70. The van der Waals surface area contributed by atoms with Crippen molar-refractivity contribution in [2.75, 3.05) is 20.1 Å². The van der Waals surface area contributed by atoms with Crippen LogP contribution in [0.2, 0.25) is 0 Å². The van der Waals surface area contributed by atoms with Crippen LogP contribution in [0.4, 0.5) is 13.2 Å². The van der Waals surface area contributed by atoms with E-state index in [1.54, 1.807) is 13.1 Å². The van der Waals surface area contributed by atoms with E-state index in [2.05, 4.69) is 20.9 Å². The summed E-state index contributed by atoms with van der Waals surface area (Å²) < 4.78 is 38.5. The van der Waals surface area contributed by atoms with Crippen LogP contribution < -0.4 is 16.0 Å². The molecule has 1 amide bonds. The van der Waals surface area contributed by atoms with Crippen LogP contribution in [0.15, 0.2) is 29.3 Å². The minimum atomic E-state index is -4.32. The van der Waals surface area contributed by atoms with Crippen molar-refractivity contribution in [3.63, 3.8) is 0 Å². The highest BCUT2D eigenvalue weighted by Crippen LogP contribution is 2.31. The Bertz CT molecular complexity index is 678. The standard InChI is InChI=1S/C20H29F3N4O.HI/c1-14(15-5-3-6-16(13-15)20(21,22)23)10-12-26-19(24-2)25-11-4-7-18(28)27-17-8-9-17;/h3,5-6,13-14,17H,4,7-12H2,1-2H3,(H,27,28)(H2,24,25,26);1H. The van der Waals surface area contributed by atoms with E-state index in [-0.39, 0.29) is 35.8 Å². The number of guanidine groups is 1. The summed E-state index contributed by atoms with van der Waals surface area (Å²) in [5, 5.41) is 9.26. The second kappa shape index (κ2) is 12.2. The normalized spacial score (nSPS) is 15.3. The number of hydrogen-bond acceptors (Lipinski definition) is 2. The van der Waals surface area contributed by atoms with Gasteiger partial charge in [0, 0.05) is 32.6 Å². The van der Waals surface area contributed by atoms with E-state index in [9.17, 15) is 18.0 Å². The molecule has 0 aliphatic heterocycles. The van der Waals surface area contributed by atoms with Gasteiger partial charge < -0.3 is 16.0 Å². The molecule has 3 N–H and O–H groups in total. The van der Waals surface area contributed by atoms with E-state index < -0.39 is 11.7 Å². The van der Waals surface area contributed by atoms with Crippen LogP contribution in [0.3, 0.4) is 0 Å². The van der Waals surface area contributed by atoms with Crippen LogP contribution in [0.25, 0.3) is 0 Å². The van der Waals surface area contributed by atoms with Crippen molar-refractivity contribution in [3.05, 3.63) is 35.4 Å². The molecule has 1 aliphatic carbocycles. The summed E-state index contributed by atoms with van der Waals surface area (Å²) in [6.45, 7) is 3.12.